The predicted molar refractivity (Wildman–Crippen MR) is 102 cm³/mol. The van der Waals surface area contributed by atoms with Crippen molar-refractivity contribution in [2.75, 3.05) is 12.9 Å². The van der Waals surface area contributed by atoms with Crippen LogP contribution in [-0.4, -0.2) is 18.8 Å². The van der Waals surface area contributed by atoms with Gasteiger partial charge in [0.1, 0.15) is 5.75 Å². The Morgan fingerprint density at radius 3 is 2.71 bits per heavy atom. The second-order valence-corrected chi connectivity index (χ2v) is 7.09. The molecule has 128 valence electrons. The van der Waals surface area contributed by atoms with Gasteiger partial charge in [-0.25, -0.2) is 0 Å². The second kappa shape index (κ2) is 9.21. The number of ether oxygens (including phenoxy) is 1. The first-order valence-corrected chi connectivity index (χ1v) is 9.36. The zero-order valence-corrected chi connectivity index (χ0v) is 15.8. The fourth-order valence-corrected chi connectivity index (χ4v) is 3.67. The molecule has 0 spiro atoms. The van der Waals surface area contributed by atoms with Crippen molar-refractivity contribution in [3.63, 3.8) is 0 Å². The smallest absolute Gasteiger partial charge is 0.230 e. The number of hydrogen-bond donors (Lipinski definition) is 1. The lowest BCUT2D eigenvalue weighted by Gasteiger charge is -2.17. The maximum Gasteiger partial charge on any atom is 0.230 e. The Kier molecular flexibility index (Phi) is 7.28. The third-order valence-corrected chi connectivity index (χ3v) is 5.06. The number of amides is 1. The Hall–Kier alpha value is -1.36. The van der Waals surface area contributed by atoms with E-state index >= 15 is 0 Å². The van der Waals surface area contributed by atoms with Crippen LogP contribution in [0.25, 0.3) is 0 Å². The lowest BCUT2D eigenvalue weighted by Crippen LogP contribution is -2.28. The van der Waals surface area contributed by atoms with Crippen LogP contribution in [0.2, 0.25) is 10.0 Å². The molecule has 0 aliphatic heterocycles. The van der Waals surface area contributed by atoms with Crippen molar-refractivity contribution >= 4 is 40.9 Å². The molecular weight excluding hydrogens is 365 g/mol. The molecule has 0 heterocycles. The molecule has 0 aliphatic rings. The van der Waals surface area contributed by atoms with Gasteiger partial charge < -0.3 is 10.1 Å². The summed E-state index contributed by atoms with van der Waals surface area (Å²) >= 11 is 13.5. The van der Waals surface area contributed by atoms with Crippen molar-refractivity contribution in [1.29, 1.82) is 0 Å². The van der Waals surface area contributed by atoms with E-state index in [9.17, 15) is 4.79 Å². The lowest BCUT2D eigenvalue weighted by atomic mass is 10.1. The maximum atomic E-state index is 12.1. The van der Waals surface area contributed by atoms with Gasteiger partial charge in [0.2, 0.25) is 5.91 Å². The number of carbonyl (C=O) groups excluding carboxylic acids is 1. The summed E-state index contributed by atoms with van der Waals surface area (Å²) in [4.78, 5) is 12.1. The van der Waals surface area contributed by atoms with Gasteiger partial charge in [-0.2, -0.15) is 0 Å². The van der Waals surface area contributed by atoms with Crippen molar-refractivity contribution in [2.24, 2.45) is 0 Å². The molecule has 2 rings (SSSR count). The van der Waals surface area contributed by atoms with Crippen LogP contribution in [0.4, 0.5) is 0 Å². The van der Waals surface area contributed by atoms with Crippen molar-refractivity contribution in [3.05, 3.63) is 63.6 Å². The molecule has 0 aliphatic carbocycles. The number of rotatable bonds is 7. The molecule has 24 heavy (non-hydrogen) atoms. The fourth-order valence-electron chi connectivity index (χ4n) is 2.28. The van der Waals surface area contributed by atoms with Crippen LogP contribution in [0.3, 0.4) is 0 Å². The van der Waals surface area contributed by atoms with E-state index in [1.807, 2.05) is 37.3 Å². The van der Waals surface area contributed by atoms with E-state index < -0.39 is 0 Å². The topological polar surface area (TPSA) is 38.3 Å². The Bertz CT molecular complexity index is 709. The minimum atomic E-state index is -0.117. The zero-order chi connectivity index (χ0) is 17.5. The van der Waals surface area contributed by atoms with Crippen LogP contribution < -0.4 is 10.1 Å². The molecule has 0 bridgehead atoms. The molecule has 0 aromatic heterocycles. The number of nitrogens with one attached hydrogen (secondary N) is 1. The van der Waals surface area contributed by atoms with Crippen molar-refractivity contribution in [1.82, 2.24) is 5.32 Å². The predicted octanol–water partition coefficient (Wildman–Crippen LogP) is 5.11. The van der Waals surface area contributed by atoms with Gasteiger partial charge in [-0.05, 0) is 30.7 Å². The molecule has 0 saturated carbocycles. The quantitative estimate of drug-likeness (QED) is 0.721. The normalized spacial score (nSPS) is 11.8. The Balaban J connectivity index is 1.84. The summed E-state index contributed by atoms with van der Waals surface area (Å²) < 4.78 is 5.33. The summed E-state index contributed by atoms with van der Waals surface area (Å²) in [7, 11) is 1.62. The minimum absolute atomic E-state index is 0.0245. The van der Waals surface area contributed by atoms with E-state index in [-0.39, 0.29) is 11.9 Å². The molecule has 0 saturated heterocycles. The summed E-state index contributed by atoms with van der Waals surface area (Å²) in [5, 5.41) is 4.22. The number of halogens is 2. The van der Waals surface area contributed by atoms with Crippen LogP contribution >= 0.6 is 35.0 Å². The van der Waals surface area contributed by atoms with E-state index in [1.54, 1.807) is 19.2 Å². The molecule has 0 unspecified atom stereocenters. The van der Waals surface area contributed by atoms with Gasteiger partial charge in [0.05, 0.1) is 18.9 Å². The maximum absolute atomic E-state index is 12.1. The van der Waals surface area contributed by atoms with Gasteiger partial charge in [0.15, 0.2) is 0 Å². The van der Waals surface area contributed by atoms with Crippen molar-refractivity contribution in [2.45, 2.75) is 18.7 Å². The first-order valence-electron chi connectivity index (χ1n) is 7.45. The van der Waals surface area contributed by atoms with Gasteiger partial charge in [-0.3, -0.25) is 4.79 Å². The van der Waals surface area contributed by atoms with Gasteiger partial charge in [-0.1, -0.05) is 47.5 Å². The SMILES string of the molecule is COc1ccccc1[C@@H](C)NC(=O)CSCc1ccc(Cl)cc1Cl. The number of methoxy groups -OCH3 is 1. The highest BCUT2D eigenvalue weighted by Crippen LogP contribution is 2.26. The Labute approximate surface area is 156 Å². The molecule has 0 radical (unpaired) electrons. The molecule has 0 fully saturated rings. The fraction of sp³-hybridized carbons (Fsp3) is 0.278. The average molecular weight is 384 g/mol. The highest BCUT2D eigenvalue weighted by atomic mass is 35.5. The Morgan fingerprint density at radius 1 is 1.25 bits per heavy atom. The molecule has 2 aromatic carbocycles. The van der Waals surface area contributed by atoms with E-state index in [0.717, 1.165) is 16.9 Å². The van der Waals surface area contributed by atoms with Gasteiger partial charge in [0.25, 0.3) is 0 Å². The van der Waals surface area contributed by atoms with Gasteiger partial charge in [-0.15, -0.1) is 11.8 Å². The number of para-hydroxylation sites is 1. The molecule has 1 atom stereocenters. The highest BCUT2D eigenvalue weighted by Gasteiger charge is 2.13. The standard InChI is InChI=1S/C18H19Cl2NO2S/c1-12(15-5-3-4-6-17(15)23-2)21-18(22)11-24-10-13-7-8-14(19)9-16(13)20/h3-9,12H,10-11H2,1-2H3,(H,21,22)/t12-/m1/s1. The van der Waals surface area contributed by atoms with E-state index in [2.05, 4.69) is 5.32 Å². The minimum Gasteiger partial charge on any atom is -0.496 e. The van der Waals surface area contributed by atoms with Gasteiger partial charge in [0, 0.05) is 21.4 Å². The van der Waals surface area contributed by atoms with E-state index in [0.29, 0.717) is 21.6 Å². The van der Waals surface area contributed by atoms with Crippen LogP contribution in [0.15, 0.2) is 42.5 Å². The monoisotopic (exact) mass is 383 g/mol. The molecular formula is C18H19Cl2NO2S. The lowest BCUT2D eigenvalue weighted by molar-refractivity contribution is -0.119. The third-order valence-electron chi connectivity index (χ3n) is 3.49. The van der Waals surface area contributed by atoms with Gasteiger partial charge >= 0.3 is 0 Å². The zero-order valence-electron chi connectivity index (χ0n) is 13.5. The highest BCUT2D eigenvalue weighted by molar-refractivity contribution is 7.99. The van der Waals surface area contributed by atoms with E-state index in [1.165, 1.54) is 11.8 Å². The summed E-state index contributed by atoms with van der Waals surface area (Å²) in [6.07, 6.45) is 0. The number of benzene rings is 2. The first kappa shape index (κ1) is 19.0. The first-order chi connectivity index (χ1) is 11.5. The van der Waals surface area contributed by atoms with E-state index in [4.69, 9.17) is 27.9 Å². The molecule has 1 N–H and O–H groups in total. The average Bonchev–Trinajstić information content (AvgIpc) is 2.56. The number of thioether (sulfide) groups is 1. The molecule has 3 nitrogen and oxygen atoms in total. The number of hydrogen-bond acceptors (Lipinski definition) is 3. The molecule has 2 aromatic rings. The van der Waals surface area contributed by atoms with Crippen molar-refractivity contribution in [3.8, 4) is 5.75 Å². The summed E-state index contributed by atoms with van der Waals surface area (Å²) in [5.74, 6) is 1.76. The van der Waals surface area contributed by atoms with Crippen LogP contribution in [0.1, 0.15) is 24.1 Å². The van der Waals surface area contributed by atoms with Crippen LogP contribution in [0, 0.1) is 0 Å². The largest absolute Gasteiger partial charge is 0.496 e. The summed E-state index contributed by atoms with van der Waals surface area (Å²) in [6.45, 7) is 1.94. The number of carbonyl (C=O) groups is 1. The van der Waals surface area contributed by atoms with Crippen LogP contribution in [0.5, 0.6) is 5.75 Å². The third kappa shape index (κ3) is 5.33. The summed E-state index contributed by atoms with van der Waals surface area (Å²) in [6, 6.07) is 12.9. The molecule has 1 amide bonds. The second-order valence-electron chi connectivity index (χ2n) is 5.26. The van der Waals surface area contributed by atoms with Crippen molar-refractivity contribution < 1.29 is 9.53 Å². The Morgan fingerprint density at radius 2 is 2.00 bits per heavy atom. The van der Waals surface area contributed by atoms with Crippen LogP contribution in [-0.2, 0) is 10.5 Å². The summed E-state index contributed by atoms with van der Waals surface area (Å²) in [5.41, 5.74) is 1.93. The molecule has 6 heteroatoms.